The summed E-state index contributed by atoms with van der Waals surface area (Å²) in [5, 5.41) is 14.3. The van der Waals surface area contributed by atoms with Crippen LogP contribution in [0.1, 0.15) is 42.5 Å². The number of aliphatic carboxylic acids is 1. The Bertz CT molecular complexity index is 773. The largest absolute Gasteiger partial charge is 0.481 e. The highest BCUT2D eigenvalue weighted by Gasteiger charge is 2.60. The molecular weight excluding hydrogens is 288 g/mol. The molecule has 2 saturated carbocycles. The Morgan fingerprint density at radius 1 is 1.39 bits per heavy atom. The van der Waals surface area contributed by atoms with Gasteiger partial charge in [0.05, 0.1) is 5.92 Å². The molecule has 1 aromatic carbocycles. The van der Waals surface area contributed by atoms with E-state index in [-0.39, 0.29) is 11.3 Å². The van der Waals surface area contributed by atoms with Crippen molar-refractivity contribution in [2.45, 2.75) is 52.1 Å². The molecule has 0 amide bonds. The molecule has 2 atom stereocenters. The van der Waals surface area contributed by atoms with Crippen molar-refractivity contribution in [1.29, 1.82) is 0 Å². The lowest BCUT2D eigenvalue weighted by molar-refractivity contribution is -0.168. The van der Waals surface area contributed by atoms with Crippen LogP contribution in [0.25, 0.3) is 10.9 Å². The molecule has 4 heteroatoms. The smallest absolute Gasteiger partial charge is 0.307 e. The molecule has 0 unspecified atom stereocenters. The van der Waals surface area contributed by atoms with Crippen LogP contribution in [0.3, 0.4) is 0 Å². The van der Waals surface area contributed by atoms with Crippen molar-refractivity contribution in [3.05, 3.63) is 35.0 Å². The summed E-state index contributed by atoms with van der Waals surface area (Å²) in [6.07, 6.45) is 4.07. The van der Waals surface area contributed by atoms with Gasteiger partial charge in [0.2, 0.25) is 0 Å². The lowest BCUT2D eigenvalue weighted by Gasteiger charge is -2.60. The van der Waals surface area contributed by atoms with Crippen molar-refractivity contribution in [1.82, 2.24) is 10.3 Å². The Morgan fingerprint density at radius 3 is 2.83 bits per heavy atom. The first kappa shape index (κ1) is 14.8. The molecule has 2 aliphatic rings. The number of aryl methyl sites for hydroxylation is 2. The topological polar surface area (TPSA) is 65.1 Å². The van der Waals surface area contributed by atoms with Gasteiger partial charge in [-0.05, 0) is 61.8 Å². The second-order valence-electron chi connectivity index (χ2n) is 7.41. The number of benzene rings is 1. The first-order chi connectivity index (χ1) is 11.0. The maximum Gasteiger partial charge on any atom is 0.307 e. The maximum absolute atomic E-state index is 11.4. The number of aromatic amines is 1. The zero-order valence-electron chi connectivity index (χ0n) is 13.8. The summed E-state index contributed by atoms with van der Waals surface area (Å²) in [6.45, 7) is 5.09. The molecule has 4 nitrogen and oxygen atoms in total. The summed E-state index contributed by atoms with van der Waals surface area (Å²) in [5.74, 6) is -0.749. The number of carbonyl (C=O) groups is 1. The summed E-state index contributed by atoms with van der Waals surface area (Å²) in [7, 11) is 0. The van der Waals surface area contributed by atoms with Crippen LogP contribution < -0.4 is 5.32 Å². The van der Waals surface area contributed by atoms with Crippen molar-refractivity contribution < 1.29 is 9.90 Å². The SMILES string of the molecule is Cc1ccc2[nH]c(CN[C@@H]3C[C@H](C(=O)O)C34CCC4)cc2c1C. The molecule has 0 saturated heterocycles. The highest BCUT2D eigenvalue weighted by molar-refractivity contribution is 5.84. The Balaban J connectivity index is 1.48. The fourth-order valence-electron chi connectivity index (χ4n) is 4.55. The van der Waals surface area contributed by atoms with Gasteiger partial charge in [0.25, 0.3) is 0 Å². The van der Waals surface area contributed by atoms with Gasteiger partial charge in [-0.1, -0.05) is 12.5 Å². The molecule has 0 aliphatic heterocycles. The molecular formula is C19H24N2O2. The number of rotatable bonds is 4. The molecule has 1 spiro atoms. The summed E-state index contributed by atoms with van der Waals surface area (Å²) < 4.78 is 0. The summed E-state index contributed by atoms with van der Waals surface area (Å²) in [4.78, 5) is 14.8. The van der Waals surface area contributed by atoms with Crippen LogP contribution in [-0.4, -0.2) is 22.1 Å². The first-order valence-corrected chi connectivity index (χ1v) is 8.55. The summed E-state index contributed by atoms with van der Waals surface area (Å²) in [5.41, 5.74) is 5.04. The summed E-state index contributed by atoms with van der Waals surface area (Å²) in [6, 6.07) is 6.87. The van der Waals surface area contributed by atoms with Crippen LogP contribution in [0.4, 0.5) is 0 Å². The average Bonchev–Trinajstić information content (AvgIpc) is 2.83. The third kappa shape index (κ3) is 2.12. The van der Waals surface area contributed by atoms with Gasteiger partial charge in [0.1, 0.15) is 0 Å². The lowest BCUT2D eigenvalue weighted by Crippen LogP contribution is -2.65. The Kier molecular flexibility index (Phi) is 3.27. The molecule has 2 aromatic rings. The van der Waals surface area contributed by atoms with E-state index in [1.165, 1.54) is 34.1 Å². The van der Waals surface area contributed by atoms with E-state index in [1.807, 2.05) is 0 Å². The number of nitrogens with one attached hydrogen (secondary N) is 2. The predicted molar refractivity (Wildman–Crippen MR) is 90.4 cm³/mol. The predicted octanol–water partition coefficient (Wildman–Crippen LogP) is 3.52. The van der Waals surface area contributed by atoms with Gasteiger partial charge >= 0.3 is 5.97 Å². The maximum atomic E-state index is 11.4. The van der Waals surface area contributed by atoms with Crippen LogP contribution in [-0.2, 0) is 11.3 Å². The van der Waals surface area contributed by atoms with Crippen molar-refractivity contribution >= 4 is 16.9 Å². The minimum absolute atomic E-state index is 0.0321. The Morgan fingerprint density at radius 2 is 2.17 bits per heavy atom. The van der Waals surface area contributed by atoms with E-state index >= 15 is 0 Å². The molecule has 0 radical (unpaired) electrons. The van der Waals surface area contributed by atoms with Crippen LogP contribution in [0.15, 0.2) is 18.2 Å². The second-order valence-corrected chi connectivity index (χ2v) is 7.41. The first-order valence-electron chi connectivity index (χ1n) is 8.55. The van der Waals surface area contributed by atoms with Gasteiger partial charge in [0, 0.05) is 29.2 Å². The van der Waals surface area contributed by atoms with Gasteiger partial charge < -0.3 is 15.4 Å². The second kappa shape index (κ2) is 5.10. The quantitative estimate of drug-likeness (QED) is 0.809. The number of carboxylic acids is 1. The molecule has 0 bridgehead atoms. The van der Waals surface area contributed by atoms with E-state index in [0.717, 1.165) is 25.8 Å². The highest BCUT2D eigenvalue weighted by atomic mass is 16.4. The zero-order chi connectivity index (χ0) is 16.2. The van der Waals surface area contributed by atoms with E-state index in [4.69, 9.17) is 0 Å². The summed E-state index contributed by atoms with van der Waals surface area (Å²) >= 11 is 0. The number of H-pyrrole nitrogens is 1. The molecule has 3 N–H and O–H groups in total. The zero-order valence-corrected chi connectivity index (χ0v) is 13.8. The van der Waals surface area contributed by atoms with E-state index in [9.17, 15) is 9.90 Å². The molecule has 2 aliphatic carbocycles. The average molecular weight is 312 g/mol. The van der Waals surface area contributed by atoms with Crippen molar-refractivity contribution in [2.24, 2.45) is 11.3 Å². The standard InChI is InChI=1S/C19H24N2O2/c1-11-4-5-16-14(12(11)2)8-13(21-16)10-20-17-9-15(18(22)23)19(17)6-3-7-19/h4-5,8,15,17,20-21H,3,6-7,9-10H2,1-2H3,(H,22,23)/t15-,17-/m1/s1. The Labute approximate surface area is 136 Å². The van der Waals surface area contributed by atoms with Crippen molar-refractivity contribution in [3.63, 3.8) is 0 Å². The molecule has 122 valence electrons. The van der Waals surface area contributed by atoms with Gasteiger partial charge in [-0.3, -0.25) is 4.79 Å². The van der Waals surface area contributed by atoms with E-state index in [2.05, 4.69) is 42.3 Å². The molecule has 1 heterocycles. The number of hydrogen-bond acceptors (Lipinski definition) is 2. The monoisotopic (exact) mass is 312 g/mol. The number of carboxylic acid groups (broad SMARTS) is 1. The lowest BCUT2D eigenvalue weighted by atomic mass is 9.47. The normalized spacial score (nSPS) is 25.3. The van der Waals surface area contributed by atoms with E-state index in [0.29, 0.717) is 6.04 Å². The number of hydrogen-bond donors (Lipinski definition) is 3. The Hall–Kier alpha value is -1.81. The third-order valence-electron chi connectivity index (χ3n) is 6.38. The number of fused-ring (bicyclic) bond motifs is 1. The molecule has 23 heavy (non-hydrogen) atoms. The third-order valence-corrected chi connectivity index (χ3v) is 6.38. The highest BCUT2D eigenvalue weighted by Crippen LogP contribution is 2.59. The van der Waals surface area contributed by atoms with Crippen molar-refractivity contribution in [2.75, 3.05) is 0 Å². The fraction of sp³-hybridized carbons (Fsp3) is 0.526. The van der Waals surface area contributed by atoms with Crippen LogP contribution in [0.2, 0.25) is 0 Å². The van der Waals surface area contributed by atoms with E-state index in [1.54, 1.807) is 0 Å². The molecule has 1 aromatic heterocycles. The minimum Gasteiger partial charge on any atom is -0.481 e. The molecule has 4 rings (SSSR count). The van der Waals surface area contributed by atoms with Crippen LogP contribution in [0.5, 0.6) is 0 Å². The van der Waals surface area contributed by atoms with Gasteiger partial charge in [0.15, 0.2) is 0 Å². The van der Waals surface area contributed by atoms with E-state index < -0.39 is 5.97 Å². The molecule has 2 fully saturated rings. The number of aromatic nitrogens is 1. The van der Waals surface area contributed by atoms with Crippen LogP contribution >= 0.6 is 0 Å². The van der Waals surface area contributed by atoms with Gasteiger partial charge in [-0.25, -0.2) is 0 Å². The van der Waals surface area contributed by atoms with Crippen LogP contribution in [0, 0.1) is 25.2 Å². The van der Waals surface area contributed by atoms with Gasteiger partial charge in [-0.15, -0.1) is 0 Å². The fourth-order valence-corrected chi connectivity index (χ4v) is 4.55. The van der Waals surface area contributed by atoms with Gasteiger partial charge in [-0.2, -0.15) is 0 Å². The van der Waals surface area contributed by atoms with Crippen molar-refractivity contribution in [3.8, 4) is 0 Å². The minimum atomic E-state index is -0.612.